The van der Waals surface area contributed by atoms with Gasteiger partial charge in [0, 0.05) is 19.9 Å². The van der Waals surface area contributed by atoms with Gasteiger partial charge in [-0.3, -0.25) is 9.71 Å². The van der Waals surface area contributed by atoms with Gasteiger partial charge < -0.3 is 9.84 Å². The van der Waals surface area contributed by atoms with Crippen LogP contribution in [0.5, 0.6) is 0 Å². The summed E-state index contributed by atoms with van der Waals surface area (Å²) >= 11 is 0. The minimum absolute atomic E-state index is 0.0779. The number of nitrogens with zero attached hydrogens (tertiary/aromatic N) is 1. The standard InChI is InChI=1S/C9H13N3O5S/c1-17-5-4-11-18(15,16)12-8-6-10-3-2-7(8)9(13)14/h2-3,6,11-12H,4-5H2,1H3,(H,13,14). The highest BCUT2D eigenvalue weighted by atomic mass is 32.2. The van der Waals surface area contributed by atoms with Crippen molar-refractivity contribution in [2.45, 2.75) is 0 Å². The maximum absolute atomic E-state index is 11.6. The summed E-state index contributed by atoms with van der Waals surface area (Å²) in [4.78, 5) is 14.5. The van der Waals surface area contributed by atoms with Crippen LogP contribution < -0.4 is 9.44 Å². The normalized spacial score (nSPS) is 11.2. The highest BCUT2D eigenvalue weighted by molar-refractivity contribution is 7.90. The zero-order valence-corrected chi connectivity index (χ0v) is 10.4. The summed E-state index contributed by atoms with van der Waals surface area (Å²) in [5.74, 6) is -1.24. The van der Waals surface area contributed by atoms with Gasteiger partial charge in [0.05, 0.1) is 24.1 Å². The molecule has 0 aliphatic heterocycles. The fourth-order valence-corrected chi connectivity index (χ4v) is 2.00. The summed E-state index contributed by atoms with van der Waals surface area (Å²) in [6, 6.07) is 1.20. The highest BCUT2D eigenvalue weighted by Gasteiger charge is 2.15. The smallest absolute Gasteiger partial charge is 0.337 e. The van der Waals surface area contributed by atoms with Crippen LogP contribution in [0.25, 0.3) is 0 Å². The topological polar surface area (TPSA) is 118 Å². The summed E-state index contributed by atoms with van der Waals surface area (Å²) in [6.45, 7) is 0.286. The van der Waals surface area contributed by atoms with Crippen molar-refractivity contribution in [2.24, 2.45) is 0 Å². The molecule has 3 N–H and O–H groups in total. The Kier molecular flexibility index (Phi) is 5.01. The zero-order chi connectivity index (χ0) is 13.6. The molecule has 1 aromatic heterocycles. The fourth-order valence-electron chi connectivity index (χ4n) is 1.12. The van der Waals surface area contributed by atoms with E-state index < -0.39 is 16.2 Å². The van der Waals surface area contributed by atoms with E-state index in [0.717, 1.165) is 6.20 Å². The number of hydrogen-bond acceptors (Lipinski definition) is 5. The van der Waals surface area contributed by atoms with Gasteiger partial charge in [0.2, 0.25) is 0 Å². The van der Waals surface area contributed by atoms with Gasteiger partial charge in [-0.15, -0.1) is 0 Å². The lowest BCUT2D eigenvalue weighted by molar-refractivity contribution is 0.0698. The minimum atomic E-state index is -3.85. The first-order valence-corrected chi connectivity index (χ1v) is 6.38. The van der Waals surface area contributed by atoms with Gasteiger partial charge in [-0.05, 0) is 6.07 Å². The lowest BCUT2D eigenvalue weighted by atomic mass is 10.2. The van der Waals surface area contributed by atoms with Crippen LogP contribution in [0.3, 0.4) is 0 Å². The number of ether oxygens (including phenoxy) is 1. The molecular formula is C9H13N3O5S. The number of hydrogen-bond donors (Lipinski definition) is 3. The van der Waals surface area contributed by atoms with E-state index in [0.29, 0.717) is 0 Å². The summed E-state index contributed by atoms with van der Waals surface area (Å²) < 4.78 is 32.1. The molecule has 0 atom stereocenters. The second-order valence-corrected chi connectivity index (χ2v) is 4.72. The third-order valence-electron chi connectivity index (χ3n) is 1.89. The maximum Gasteiger partial charge on any atom is 0.337 e. The monoisotopic (exact) mass is 275 g/mol. The van der Waals surface area contributed by atoms with Crippen LogP contribution in [-0.4, -0.2) is 44.7 Å². The molecule has 0 saturated heterocycles. The number of carbonyl (C=O) groups is 1. The van der Waals surface area contributed by atoms with E-state index >= 15 is 0 Å². The van der Waals surface area contributed by atoms with Crippen LogP contribution in [0.1, 0.15) is 10.4 Å². The Morgan fingerprint density at radius 2 is 2.28 bits per heavy atom. The van der Waals surface area contributed by atoms with Gasteiger partial charge in [-0.1, -0.05) is 0 Å². The molecule has 1 heterocycles. The number of anilines is 1. The van der Waals surface area contributed by atoms with Gasteiger partial charge in [0.15, 0.2) is 0 Å². The van der Waals surface area contributed by atoms with Crippen LogP contribution in [0.4, 0.5) is 5.69 Å². The molecule has 9 heteroatoms. The predicted octanol–water partition coefficient (Wildman–Crippen LogP) is -0.327. The van der Waals surface area contributed by atoms with Gasteiger partial charge in [-0.2, -0.15) is 13.1 Å². The fraction of sp³-hybridized carbons (Fsp3) is 0.333. The first-order valence-electron chi connectivity index (χ1n) is 4.90. The Bertz CT molecular complexity index is 517. The largest absolute Gasteiger partial charge is 0.478 e. The molecule has 8 nitrogen and oxygen atoms in total. The molecule has 0 radical (unpaired) electrons. The molecule has 1 rings (SSSR count). The molecule has 100 valence electrons. The van der Waals surface area contributed by atoms with E-state index in [9.17, 15) is 13.2 Å². The van der Waals surface area contributed by atoms with E-state index in [1.54, 1.807) is 0 Å². The molecule has 0 spiro atoms. The predicted molar refractivity (Wildman–Crippen MR) is 63.6 cm³/mol. The van der Waals surface area contributed by atoms with Crippen molar-refractivity contribution in [2.75, 3.05) is 25.0 Å². The molecule has 0 aromatic carbocycles. The molecule has 0 bridgehead atoms. The van der Waals surface area contributed by atoms with Crippen molar-refractivity contribution >= 4 is 21.9 Å². The molecule has 0 aliphatic rings. The average Bonchev–Trinajstić information content (AvgIpc) is 2.29. The Labute approximate surface area is 104 Å². The number of aromatic nitrogens is 1. The first kappa shape index (κ1) is 14.4. The van der Waals surface area contributed by atoms with Crippen molar-refractivity contribution in [1.82, 2.24) is 9.71 Å². The van der Waals surface area contributed by atoms with Gasteiger partial charge >= 0.3 is 5.97 Å². The summed E-state index contributed by atoms with van der Waals surface area (Å²) in [7, 11) is -2.41. The lowest BCUT2D eigenvalue weighted by Gasteiger charge is -2.10. The van der Waals surface area contributed by atoms with Gasteiger partial charge in [0.1, 0.15) is 0 Å². The second kappa shape index (κ2) is 6.28. The quantitative estimate of drug-likeness (QED) is 0.587. The van der Waals surface area contributed by atoms with Gasteiger partial charge in [-0.25, -0.2) is 4.79 Å². The third kappa shape index (κ3) is 4.28. The lowest BCUT2D eigenvalue weighted by Crippen LogP contribution is -2.33. The molecule has 0 amide bonds. The number of carboxylic acids is 1. The van der Waals surface area contributed by atoms with Crippen molar-refractivity contribution in [3.63, 3.8) is 0 Å². The number of aromatic carboxylic acids is 1. The summed E-state index contributed by atoms with van der Waals surface area (Å²) in [6.07, 6.45) is 2.39. The summed E-state index contributed by atoms with van der Waals surface area (Å²) in [5.41, 5.74) is -0.281. The van der Waals surface area contributed by atoms with Crippen LogP contribution >= 0.6 is 0 Å². The van der Waals surface area contributed by atoms with E-state index in [1.165, 1.54) is 19.4 Å². The molecule has 0 unspecified atom stereocenters. The summed E-state index contributed by atoms with van der Waals surface area (Å²) in [5, 5.41) is 8.87. The van der Waals surface area contributed by atoms with Crippen molar-refractivity contribution < 1.29 is 23.1 Å². The molecule has 1 aromatic rings. The molecule has 18 heavy (non-hydrogen) atoms. The zero-order valence-electron chi connectivity index (χ0n) is 9.58. The maximum atomic E-state index is 11.6. The average molecular weight is 275 g/mol. The SMILES string of the molecule is COCCNS(=O)(=O)Nc1cnccc1C(=O)O. The number of carboxylic acid groups (broad SMARTS) is 1. The number of pyridine rings is 1. The Morgan fingerprint density at radius 3 is 2.89 bits per heavy atom. The van der Waals surface area contributed by atoms with Crippen molar-refractivity contribution in [1.29, 1.82) is 0 Å². The highest BCUT2D eigenvalue weighted by Crippen LogP contribution is 2.14. The third-order valence-corrected chi connectivity index (χ3v) is 2.97. The van der Waals surface area contributed by atoms with E-state index in [2.05, 4.69) is 19.2 Å². The Morgan fingerprint density at radius 1 is 1.56 bits per heavy atom. The number of rotatable bonds is 7. The van der Waals surface area contributed by atoms with Crippen molar-refractivity contribution in [3.8, 4) is 0 Å². The number of nitrogens with one attached hydrogen (secondary N) is 2. The first-order chi connectivity index (χ1) is 8.46. The number of methoxy groups -OCH3 is 1. The van der Waals surface area contributed by atoms with Crippen LogP contribution in [0.15, 0.2) is 18.5 Å². The molecule has 0 fully saturated rings. The van der Waals surface area contributed by atoms with Crippen molar-refractivity contribution in [3.05, 3.63) is 24.0 Å². The molecule has 0 aliphatic carbocycles. The molecular weight excluding hydrogens is 262 g/mol. The Balaban J connectivity index is 2.81. The van der Waals surface area contributed by atoms with E-state index in [1.807, 2.05) is 0 Å². The van der Waals surface area contributed by atoms with E-state index in [4.69, 9.17) is 5.11 Å². The van der Waals surface area contributed by atoms with Crippen LogP contribution in [-0.2, 0) is 14.9 Å². The second-order valence-electron chi connectivity index (χ2n) is 3.22. The van der Waals surface area contributed by atoms with E-state index in [-0.39, 0.29) is 24.4 Å². The molecule has 0 saturated carbocycles. The van der Waals surface area contributed by atoms with Gasteiger partial charge in [0.25, 0.3) is 10.2 Å². The van der Waals surface area contributed by atoms with Crippen LogP contribution in [0, 0.1) is 0 Å². The minimum Gasteiger partial charge on any atom is -0.478 e. The Hall–Kier alpha value is -1.71. The van der Waals surface area contributed by atoms with Crippen LogP contribution in [0.2, 0.25) is 0 Å².